The Morgan fingerprint density at radius 2 is 2.06 bits per heavy atom. The third-order valence-electron chi connectivity index (χ3n) is 2.95. The molecule has 17 heavy (non-hydrogen) atoms. The summed E-state index contributed by atoms with van der Waals surface area (Å²) in [4.78, 5) is 2.19. The van der Waals surface area contributed by atoms with Crippen molar-refractivity contribution < 1.29 is 4.74 Å². The van der Waals surface area contributed by atoms with Gasteiger partial charge in [0.05, 0.1) is 6.61 Å². The zero-order chi connectivity index (χ0) is 13.0. The molecule has 0 aliphatic carbocycles. The smallest absolute Gasteiger partial charge is 0.0663 e. The second-order valence-corrected chi connectivity index (χ2v) is 5.26. The van der Waals surface area contributed by atoms with Crippen molar-refractivity contribution in [3.63, 3.8) is 0 Å². The highest BCUT2D eigenvalue weighted by atomic mass is 79.9. The summed E-state index contributed by atoms with van der Waals surface area (Å²) in [6.07, 6.45) is 0. The summed E-state index contributed by atoms with van der Waals surface area (Å²) < 4.78 is 6.22. The number of likely N-dealkylation sites (N-methyl/N-ethyl adjacent to an activating group) is 1. The molecule has 0 spiro atoms. The van der Waals surface area contributed by atoms with Crippen LogP contribution in [0.4, 0.5) is 5.69 Å². The number of hydrogen-bond acceptors (Lipinski definition) is 3. The summed E-state index contributed by atoms with van der Waals surface area (Å²) in [7, 11) is 3.79. The standard InChI is InChI=1S/C13H21BrN2O/c1-9(8-17-4)16(3)11-5-6-12(10(2)15)13(14)7-11/h5-7,9-10H,8,15H2,1-4H3. The predicted molar refractivity (Wildman–Crippen MR) is 76.5 cm³/mol. The fraction of sp³-hybridized carbons (Fsp3) is 0.538. The normalized spacial score (nSPS) is 14.5. The summed E-state index contributed by atoms with van der Waals surface area (Å²) in [5, 5.41) is 0. The van der Waals surface area contributed by atoms with Gasteiger partial charge in [-0.3, -0.25) is 0 Å². The van der Waals surface area contributed by atoms with Gasteiger partial charge in [-0.25, -0.2) is 0 Å². The maximum Gasteiger partial charge on any atom is 0.0663 e. The maximum absolute atomic E-state index is 5.88. The minimum atomic E-state index is 0.0418. The Kier molecular flexibility index (Phi) is 5.43. The maximum atomic E-state index is 5.88. The van der Waals surface area contributed by atoms with E-state index in [0.29, 0.717) is 12.6 Å². The SMILES string of the molecule is COCC(C)N(C)c1ccc(C(C)N)c(Br)c1. The molecular weight excluding hydrogens is 280 g/mol. The molecule has 2 unspecified atom stereocenters. The van der Waals surface area contributed by atoms with Crippen molar-refractivity contribution in [2.24, 2.45) is 5.73 Å². The molecule has 3 nitrogen and oxygen atoms in total. The molecule has 0 aromatic heterocycles. The number of ether oxygens (including phenoxy) is 1. The van der Waals surface area contributed by atoms with E-state index in [1.165, 1.54) is 0 Å². The van der Waals surface area contributed by atoms with Crippen LogP contribution in [0.15, 0.2) is 22.7 Å². The van der Waals surface area contributed by atoms with Gasteiger partial charge in [0.25, 0.3) is 0 Å². The highest BCUT2D eigenvalue weighted by Crippen LogP contribution is 2.27. The monoisotopic (exact) mass is 300 g/mol. The van der Waals surface area contributed by atoms with Gasteiger partial charge in [0.15, 0.2) is 0 Å². The Morgan fingerprint density at radius 3 is 2.53 bits per heavy atom. The third-order valence-corrected chi connectivity index (χ3v) is 3.64. The second-order valence-electron chi connectivity index (χ2n) is 4.41. The average molecular weight is 301 g/mol. The molecule has 0 saturated carbocycles. The van der Waals surface area contributed by atoms with Crippen LogP contribution in [0.5, 0.6) is 0 Å². The Bertz CT molecular complexity index is 368. The number of halogens is 1. The molecule has 4 heteroatoms. The van der Waals surface area contributed by atoms with Gasteiger partial charge in [0.1, 0.15) is 0 Å². The van der Waals surface area contributed by atoms with Crippen molar-refractivity contribution in [3.8, 4) is 0 Å². The van der Waals surface area contributed by atoms with Crippen molar-refractivity contribution in [3.05, 3.63) is 28.2 Å². The van der Waals surface area contributed by atoms with E-state index in [0.717, 1.165) is 15.7 Å². The molecule has 0 radical (unpaired) electrons. The molecule has 1 aromatic carbocycles. The number of anilines is 1. The number of hydrogen-bond donors (Lipinski definition) is 1. The predicted octanol–water partition coefficient (Wildman–Crippen LogP) is 2.94. The van der Waals surface area contributed by atoms with Gasteiger partial charge < -0.3 is 15.4 Å². The van der Waals surface area contributed by atoms with Crippen molar-refractivity contribution >= 4 is 21.6 Å². The lowest BCUT2D eigenvalue weighted by molar-refractivity contribution is 0.183. The molecule has 1 aromatic rings. The summed E-state index contributed by atoms with van der Waals surface area (Å²) in [5.74, 6) is 0. The fourth-order valence-electron chi connectivity index (χ4n) is 1.71. The van der Waals surface area contributed by atoms with E-state index < -0.39 is 0 Å². The Morgan fingerprint density at radius 1 is 1.41 bits per heavy atom. The number of nitrogens with zero attached hydrogens (tertiary/aromatic N) is 1. The largest absolute Gasteiger partial charge is 0.383 e. The van der Waals surface area contributed by atoms with E-state index in [-0.39, 0.29) is 6.04 Å². The molecule has 0 aliphatic rings. The number of rotatable bonds is 5. The first-order valence-electron chi connectivity index (χ1n) is 5.74. The molecule has 2 atom stereocenters. The highest BCUT2D eigenvalue weighted by Gasteiger charge is 2.12. The Hall–Kier alpha value is -0.580. The second kappa shape index (κ2) is 6.38. The van der Waals surface area contributed by atoms with Crippen LogP contribution in [0.1, 0.15) is 25.5 Å². The molecule has 0 saturated heterocycles. The first-order chi connectivity index (χ1) is 7.97. The minimum absolute atomic E-state index is 0.0418. The van der Waals surface area contributed by atoms with E-state index in [1.807, 2.05) is 6.92 Å². The van der Waals surface area contributed by atoms with Crippen LogP contribution >= 0.6 is 15.9 Å². The van der Waals surface area contributed by atoms with Gasteiger partial charge in [0, 0.05) is 36.4 Å². The van der Waals surface area contributed by atoms with Crippen LogP contribution in [0.3, 0.4) is 0 Å². The van der Waals surface area contributed by atoms with Crippen LogP contribution in [0, 0.1) is 0 Å². The molecule has 0 amide bonds. The van der Waals surface area contributed by atoms with Gasteiger partial charge in [0.2, 0.25) is 0 Å². The van der Waals surface area contributed by atoms with Crippen LogP contribution in [-0.4, -0.2) is 26.8 Å². The lowest BCUT2D eigenvalue weighted by Gasteiger charge is -2.27. The molecular formula is C13H21BrN2O. The van der Waals surface area contributed by atoms with Crippen LogP contribution in [0.25, 0.3) is 0 Å². The quantitative estimate of drug-likeness (QED) is 0.909. The van der Waals surface area contributed by atoms with Crippen LogP contribution in [-0.2, 0) is 4.74 Å². The third kappa shape index (κ3) is 3.69. The number of benzene rings is 1. The van der Waals surface area contributed by atoms with Gasteiger partial charge in [-0.1, -0.05) is 22.0 Å². The molecule has 96 valence electrons. The summed E-state index contributed by atoms with van der Waals surface area (Å²) in [6.45, 7) is 4.83. The molecule has 2 N–H and O–H groups in total. The topological polar surface area (TPSA) is 38.5 Å². The summed E-state index contributed by atoms with van der Waals surface area (Å²) >= 11 is 3.57. The minimum Gasteiger partial charge on any atom is -0.383 e. The molecule has 0 heterocycles. The molecule has 0 bridgehead atoms. The van der Waals surface area contributed by atoms with Gasteiger partial charge in [-0.15, -0.1) is 0 Å². The average Bonchev–Trinajstić information content (AvgIpc) is 2.27. The van der Waals surface area contributed by atoms with E-state index in [4.69, 9.17) is 10.5 Å². The van der Waals surface area contributed by atoms with Crippen molar-refractivity contribution in [2.45, 2.75) is 25.9 Å². The molecule has 0 fully saturated rings. The zero-order valence-corrected chi connectivity index (χ0v) is 12.5. The van der Waals surface area contributed by atoms with Crippen LogP contribution in [0.2, 0.25) is 0 Å². The van der Waals surface area contributed by atoms with Gasteiger partial charge in [-0.2, -0.15) is 0 Å². The van der Waals surface area contributed by atoms with Crippen LogP contribution < -0.4 is 10.6 Å². The van der Waals surface area contributed by atoms with E-state index >= 15 is 0 Å². The first kappa shape index (κ1) is 14.5. The van der Waals surface area contributed by atoms with Crippen molar-refractivity contribution in [1.29, 1.82) is 0 Å². The lowest BCUT2D eigenvalue weighted by atomic mass is 10.1. The van der Waals surface area contributed by atoms with Crippen molar-refractivity contribution in [1.82, 2.24) is 0 Å². The molecule has 0 aliphatic heterocycles. The summed E-state index contributed by atoms with van der Waals surface area (Å²) in [6, 6.07) is 6.65. The Labute approximate surface area is 112 Å². The van der Waals surface area contributed by atoms with E-state index in [2.05, 4.69) is 53.0 Å². The van der Waals surface area contributed by atoms with E-state index in [1.54, 1.807) is 7.11 Å². The molecule has 1 rings (SSSR count). The summed E-state index contributed by atoms with van der Waals surface area (Å²) in [5.41, 5.74) is 8.17. The van der Waals surface area contributed by atoms with Gasteiger partial charge >= 0.3 is 0 Å². The lowest BCUT2D eigenvalue weighted by Crippen LogP contribution is -2.32. The zero-order valence-electron chi connectivity index (χ0n) is 10.9. The first-order valence-corrected chi connectivity index (χ1v) is 6.53. The number of nitrogens with two attached hydrogens (primary N) is 1. The Balaban J connectivity index is 2.89. The highest BCUT2D eigenvalue weighted by molar-refractivity contribution is 9.10. The van der Waals surface area contributed by atoms with Gasteiger partial charge in [-0.05, 0) is 31.5 Å². The van der Waals surface area contributed by atoms with Crippen molar-refractivity contribution in [2.75, 3.05) is 25.7 Å². The van der Waals surface area contributed by atoms with E-state index in [9.17, 15) is 0 Å². The fourth-order valence-corrected chi connectivity index (χ4v) is 2.44. The number of methoxy groups -OCH3 is 1.